The second-order valence-electron chi connectivity index (χ2n) is 6.65. The summed E-state index contributed by atoms with van der Waals surface area (Å²) < 4.78 is 23.4. The third-order valence-electron chi connectivity index (χ3n) is 4.41. The lowest BCUT2D eigenvalue weighted by molar-refractivity contribution is 0.0741. The van der Waals surface area contributed by atoms with Crippen molar-refractivity contribution in [3.63, 3.8) is 0 Å². The molecule has 1 amide bonds. The lowest BCUT2D eigenvalue weighted by Crippen LogP contribution is -2.38. The maximum Gasteiger partial charge on any atom is 0.272 e. The Hall–Kier alpha value is -1.70. The number of anilines is 1. The molecule has 0 aromatic carbocycles. The number of rotatable bonds is 7. The summed E-state index contributed by atoms with van der Waals surface area (Å²) in [4.78, 5) is 25.4. The van der Waals surface area contributed by atoms with E-state index < -0.39 is 9.84 Å². The third kappa shape index (κ3) is 4.90. The summed E-state index contributed by atoms with van der Waals surface area (Å²) in [7, 11) is -1.38. The molecular formula is C17H28N4O3S. The van der Waals surface area contributed by atoms with Gasteiger partial charge in [-0.2, -0.15) is 0 Å². The zero-order valence-corrected chi connectivity index (χ0v) is 16.3. The number of nitrogens with zero attached hydrogens (tertiary/aromatic N) is 4. The van der Waals surface area contributed by atoms with Gasteiger partial charge in [0.05, 0.1) is 11.5 Å². The average Bonchev–Trinajstić information content (AvgIpc) is 2.92. The van der Waals surface area contributed by atoms with Crippen LogP contribution in [-0.4, -0.2) is 66.9 Å². The first-order valence-corrected chi connectivity index (χ1v) is 10.7. The number of carbonyl (C=O) groups is 1. The molecule has 0 N–H and O–H groups in total. The highest BCUT2D eigenvalue weighted by molar-refractivity contribution is 7.91. The van der Waals surface area contributed by atoms with E-state index >= 15 is 0 Å². The smallest absolute Gasteiger partial charge is 0.272 e. The molecule has 1 saturated heterocycles. The van der Waals surface area contributed by atoms with Crippen LogP contribution in [0.25, 0.3) is 0 Å². The van der Waals surface area contributed by atoms with Crippen molar-refractivity contribution < 1.29 is 13.2 Å². The van der Waals surface area contributed by atoms with Crippen LogP contribution in [0.3, 0.4) is 0 Å². The van der Waals surface area contributed by atoms with Crippen molar-refractivity contribution >= 4 is 21.7 Å². The molecule has 0 aliphatic carbocycles. The third-order valence-corrected chi connectivity index (χ3v) is 6.16. The van der Waals surface area contributed by atoms with E-state index in [1.165, 1.54) is 4.90 Å². The second-order valence-corrected chi connectivity index (χ2v) is 8.88. The lowest BCUT2D eigenvalue weighted by atomic mass is 10.2. The molecule has 2 rings (SSSR count). The minimum Gasteiger partial charge on any atom is -0.341 e. The second kappa shape index (κ2) is 8.12. The molecule has 1 aromatic rings. The van der Waals surface area contributed by atoms with E-state index in [1.54, 1.807) is 13.1 Å². The van der Waals surface area contributed by atoms with E-state index in [1.807, 2.05) is 6.92 Å². The Morgan fingerprint density at radius 1 is 1.24 bits per heavy atom. The average molecular weight is 369 g/mol. The van der Waals surface area contributed by atoms with Crippen molar-refractivity contribution in [3.05, 3.63) is 17.5 Å². The zero-order valence-electron chi connectivity index (χ0n) is 15.5. The van der Waals surface area contributed by atoms with Gasteiger partial charge >= 0.3 is 0 Å². The van der Waals surface area contributed by atoms with Crippen molar-refractivity contribution in [3.8, 4) is 0 Å². The van der Waals surface area contributed by atoms with Gasteiger partial charge in [0.1, 0.15) is 5.69 Å². The minimum atomic E-state index is -3.04. The van der Waals surface area contributed by atoms with Gasteiger partial charge < -0.3 is 9.80 Å². The van der Waals surface area contributed by atoms with E-state index in [9.17, 15) is 13.2 Å². The van der Waals surface area contributed by atoms with Gasteiger partial charge in [0.2, 0.25) is 5.95 Å². The van der Waals surface area contributed by atoms with Crippen LogP contribution in [0.4, 0.5) is 5.95 Å². The Morgan fingerprint density at radius 2 is 1.88 bits per heavy atom. The number of aromatic nitrogens is 2. The molecule has 0 saturated carbocycles. The van der Waals surface area contributed by atoms with Gasteiger partial charge in [-0.3, -0.25) is 4.79 Å². The quantitative estimate of drug-likeness (QED) is 0.728. The summed E-state index contributed by atoms with van der Waals surface area (Å²) in [5.41, 5.74) is 1.06. The molecule has 1 fully saturated rings. The van der Waals surface area contributed by atoms with Gasteiger partial charge in [-0.1, -0.05) is 13.8 Å². The highest BCUT2D eigenvalue weighted by Crippen LogP contribution is 2.19. The summed E-state index contributed by atoms with van der Waals surface area (Å²) in [5, 5.41) is 0. The zero-order chi connectivity index (χ0) is 18.6. The van der Waals surface area contributed by atoms with Gasteiger partial charge in [0.15, 0.2) is 9.84 Å². The van der Waals surface area contributed by atoms with E-state index in [-0.39, 0.29) is 23.5 Å². The van der Waals surface area contributed by atoms with Crippen molar-refractivity contribution in [2.75, 3.05) is 36.5 Å². The molecule has 0 bridgehead atoms. The van der Waals surface area contributed by atoms with Crippen LogP contribution < -0.4 is 4.90 Å². The molecule has 8 heteroatoms. The molecule has 1 aliphatic rings. The summed E-state index contributed by atoms with van der Waals surface area (Å²) in [6, 6.07) is 1.39. The fourth-order valence-corrected chi connectivity index (χ4v) is 4.86. The van der Waals surface area contributed by atoms with E-state index in [2.05, 4.69) is 28.7 Å². The molecule has 1 unspecified atom stereocenters. The number of hydrogen-bond donors (Lipinski definition) is 0. The fraction of sp³-hybridized carbons (Fsp3) is 0.706. The molecular weight excluding hydrogens is 340 g/mol. The predicted molar refractivity (Wildman–Crippen MR) is 98.7 cm³/mol. The molecule has 1 aromatic heterocycles. The van der Waals surface area contributed by atoms with E-state index in [4.69, 9.17) is 0 Å². The highest BCUT2D eigenvalue weighted by atomic mass is 32.2. The van der Waals surface area contributed by atoms with Crippen molar-refractivity contribution in [1.82, 2.24) is 14.9 Å². The minimum absolute atomic E-state index is 0.0317. The van der Waals surface area contributed by atoms with Crippen LogP contribution in [0.2, 0.25) is 0 Å². The maximum absolute atomic E-state index is 12.8. The van der Waals surface area contributed by atoms with Crippen LogP contribution in [0.15, 0.2) is 6.07 Å². The Bertz CT molecular complexity index is 715. The summed E-state index contributed by atoms with van der Waals surface area (Å²) in [5.74, 6) is 0.495. The summed E-state index contributed by atoms with van der Waals surface area (Å²) in [6.07, 6.45) is 2.43. The highest BCUT2D eigenvalue weighted by Gasteiger charge is 2.33. The molecule has 1 aliphatic heterocycles. The van der Waals surface area contributed by atoms with Crippen LogP contribution in [0.5, 0.6) is 0 Å². The van der Waals surface area contributed by atoms with Crippen LogP contribution in [0.1, 0.15) is 49.3 Å². The Balaban J connectivity index is 2.24. The molecule has 1 atom stereocenters. The van der Waals surface area contributed by atoms with E-state index in [0.29, 0.717) is 18.1 Å². The van der Waals surface area contributed by atoms with Gasteiger partial charge in [-0.25, -0.2) is 18.4 Å². The lowest BCUT2D eigenvalue weighted by Gasteiger charge is -2.25. The first-order valence-electron chi connectivity index (χ1n) is 8.85. The first kappa shape index (κ1) is 19.6. The Kier molecular flexibility index (Phi) is 6.37. The van der Waals surface area contributed by atoms with E-state index in [0.717, 1.165) is 31.6 Å². The molecule has 7 nitrogen and oxygen atoms in total. The Labute approximate surface area is 150 Å². The monoisotopic (exact) mass is 368 g/mol. The van der Waals surface area contributed by atoms with Crippen molar-refractivity contribution in [1.29, 1.82) is 0 Å². The van der Waals surface area contributed by atoms with Crippen molar-refractivity contribution in [2.45, 2.75) is 46.1 Å². The van der Waals surface area contributed by atoms with Gasteiger partial charge in [-0.15, -0.1) is 0 Å². The largest absolute Gasteiger partial charge is 0.341 e. The van der Waals surface area contributed by atoms with Crippen LogP contribution in [0, 0.1) is 6.92 Å². The van der Waals surface area contributed by atoms with Crippen molar-refractivity contribution in [2.24, 2.45) is 0 Å². The van der Waals surface area contributed by atoms with Crippen LogP contribution in [-0.2, 0) is 9.84 Å². The predicted octanol–water partition coefficient (Wildman–Crippen LogP) is 1.67. The molecule has 0 radical (unpaired) electrons. The number of carbonyl (C=O) groups excluding carboxylic acids is 1. The number of amides is 1. The number of sulfone groups is 1. The first-order chi connectivity index (χ1) is 11.8. The van der Waals surface area contributed by atoms with Gasteiger partial charge in [0, 0.05) is 31.9 Å². The number of hydrogen-bond acceptors (Lipinski definition) is 6. The molecule has 2 heterocycles. The van der Waals surface area contributed by atoms with Gasteiger partial charge in [0.25, 0.3) is 5.91 Å². The fourth-order valence-electron chi connectivity index (χ4n) is 3.08. The SMILES string of the molecule is CCCN(CCC)c1nc(C)cc(C(=O)N(C)C2CCS(=O)(=O)C2)n1. The van der Waals surface area contributed by atoms with Crippen LogP contribution >= 0.6 is 0 Å². The normalized spacial score (nSPS) is 19.0. The van der Waals surface area contributed by atoms with Gasteiger partial charge in [-0.05, 0) is 32.3 Å². The number of aryl methyl sites for hydroxylation is 1. The standard InChI is InChI=1S/C17H28N4O3S/c1-5-8-21(9-6-2)17-18-13(3)11-15(19-17)16(22)20(4)14-7-10-25(23,24)12-14/h11,14H,5-10,12H2,1-4H3. The topological polar surface area (TPSA) is 83.5 Å². The molecule has 25 heavy (non-hydrogen) atoms. The summed E-state index contributed by atoms with van der Waals surface area (Å²) >= 11 is 0. The molecule has 0 spiro atoms. The Morgan fingerprint density at radius 3 is 2.40 bits per heavy atom. The maximum atomic E-state index is 12.8. The summed E-state index contributed by atoms with van der Waals surface area (Å²) in [6.45, 7) is 7.71. The molecule has 140 valence electrons.